The minimum absolute atomic E-state index is 0.0279. The molecule has 1 aliphatic rings. The van der Waals surface area contributed by atoms with Crippen LogP contribution in [0, 0.1) is 0 Å². The van der Waals surface area contributed by atoms with Crippen LogP contribution in [0.4, 0.5) is 0 Å². The molecule has 6 heteroatoms. The van der Waals surface area contributed by atoms with Crippen LogP contribution in [0.25, 0.3) is 0 Å². The van der Waals surface area contributed by atoms with Gasteiger partial charge in [0.05, 0.1) is 0 Å². The van der Waals surface area contributed by atoms with Crippen molar-refractivity contribution in [2.24, 2.45) is 0 Å². The summed E-state index contributed by atoms with van der Waals surface area (Å²) in [6.45, 7) is 4.70. The molecule has 0 radical (unpaired) electrons. The molecule has 4 nitrogen and oxygen atoms in total. The van der Waals surface area contributed by atoms with Gasteiger partial charge >= 0.3 is 0 Å². The fourth-order valence-electron chi connectivity index (χ4n) is 1.76. The second-order valence-corrected chi connectivity index (χ2v) is 8.55. The minimum Gasteiger partial charge on any atom is -0.309 e. The van der Waals surface area contributed by atoms with Gasteiger partial charge in [0.15, 0.2) is 0 Å². The van der Waals surface area contributed by atoms with Gasteiger partial charge in [-0.2, -0.15) is 4.31 Å². The van der Waals surface area contributed by atoms with E-state index in [1.807, 2.05) is 19.9 Å². The molecular weight excluding hydrogens is 280 g/mol. The van der Waals surface area contributed by atoms with Crippen molar-refractivity contribution in [3.63, 3.8) is 0 Å². The Morgan fingerprint density at radius 1 is 1.47 bits per heavy atom. The highest BCUT2D eigenvalue weighted by Gasteiger charge is 2.26. The van der Waals surface area contributed by atoms with Crippen LogP contribution < -0.4 is 5.32 Å². The first-order valence-electron chi connectivity index (χ1n) is 6.75. The summed E-state index contributed by atoms with van der Waals surface area (Å²) in [5.74, 6) is 0. The third kappa shape index (κ3) is 3.56. The van der Waals surface area contributed by atoms with E-state index in [0.29, 0.717) is 10.3 Å². The van der Waals surface area contributed by atoms with Gasteiger partial charge in [0.2, 0.25) is 0 Å². The van der Waals surface area contributed by atoms with Gasteiger partial charge in [-0.1, -0.05) is 6.92 Å². The number of hydrogen-bond acceptors (Lipinski definition) is 4. The van der Waals surface area contributed by atoms with Crippen LogP contribution in [-0.4, -0.2) is 31.9 Å². The summed E-state index contributed by atoms with van der Waals surface area (Å²) in [6, 6.07) is 4.31. The van der Waals surface area contributed by atoms with E-state index in [4.69, 9.17) is 0 Å². The smallest absolute Gasteiger partial charge is 0.252 e. The zero-order valence-electron chi connectivity index (χ0n) is 11.7. The lowest BCUT2D eigenvalue weighted by atomic mass is 10.3. The first-order valence-corrected chi connectivity index (χ1v) is 9.01. The van der Waals surface area contributed by atoms with E-state index in [2.05, 4.69) is 5.32 Å². The highest BCUT2D eigenvalue weighted by atomic mass is 32.2. The van der Waals surface area contributed by atoms with Crippen molar-refractivity contribution in [3.8, 4) is 0 Å². The van der Waals surface area contributed by atoms with E-state index in [-0.39, 0.29) is 6.04 Å². The first-order chi connectivity index (χ1) is 8.95. The van der Waals surface area contributed by atoms with Gasteiger partial charge in [0.25, 0.3) is 10.0 Å². The molecule has 2 rings (SSSR count). The van der Waals surface area contributed by atoms with Crippen molar-refractivity contribution < 1.29 is 8.42 Å². The van der Waals surface area contributed by atoms with Gasteiger partial charge in [0.1, 0.15) is 4.21 Å². The molecule has 19 heavy (non-hydrogen) atoms. The maximum absolute atomic E-state index is 12.4. The first kappa shape index (κ1) is 15.0. The van der Waals surface area contributed by atoms with Crippen molar-refractivity contribution >= 4 is 21.4 Å². The third-order valence-corrected chi connectivity index (χ3v) is 7.15. The Labute approximate surface area is 119 Å². The highest BCUT2D eigenvalue weighted by molar-refractivity contribution is 7.91. The molecule has 1 saturated carbocycles. The fourth-order valence-corrected chi connectivity index (χ4v) is 4.69. The van der Waals surface area contributed by atoms with E-state index >= 15 is 0 Å². The Balaban J connectivity index is 2.07. The van der Waals surface area contributed by atoms with Gasteiger partial charge in [-0.05, 0) is 38.3 Å². The number of rotatable bonds is 7. The maximum atomic E-state index is 12.4. The van der Waals surface area contributed by atoms with Crippen LogP contribution in [0.5, 0.6) is 0 Å². The zero-order chi connectivity index (χ0) is 14.0. The fraction of sp³-hybridized carbons (Fsp3) is 0.692. The largest absolute Gasteiger partial charge is 0.309 e. The lowest BCUT2D eigenvalue weighted by Gasteiger charge is -2.22. The quantitative estimate of drug-likeness (QED) is 0.841. The van der Waals surface area contributed by atoms with Crippen LogP contribution in [0.15, 0.2) is 16.3 Å². The number of sulfonamides is 1. The Morgan fingerprint density at radius 3 is 2.74 bits per heavy atom. The number of thiophene rings is 1. The van der Waals surface area contributed by atoms with Gasteiger partial charge in [-0.25, -0.2) is 8.42 Å². The Hall–Kier alpha value is -0.430. The van der Waals surface area contributed by atoms with Gasteiger partial charge in [-0.15, -0.1) is 11.3 Å². The molecule has 1 aromatic rings. The highest BCUT2D eigenvalue weighted by Crippen LogP contribution is 2.27. The molecule has 0 amide bonds. The van der Waals surface area contributed by atoms with Crippen LogP contribution in [-0.2, 0) is 16.6 Å². The maximum Gasteiger partial charge on any atom is 0.252 e. The average molecular weight is 302 g/mol. The second kappa shape index (κ2) is 5.91. The van der Waals surface area contributed by atoms with Gasteiger partial charge < -0.3 is 5.32 Å². The molecule has 1 aromatic heterocycles. The molecule has 1 fully saturated rings. The molecule has 0 saturated heterocycles. The molecule has 1 N–H and O–H groups in total. The van der Waals surface area contributed by atoms with Crippen LogP contribution in [0.2, 0.25) is 0 Å². The van der Waals surface area contributed by atoms with Gasteiger partial charge in [0, 0.05) is 30.6 Å². The molecule has 1 atom stereocenters. The molecular formula is C13H22N2O2S2. The van der Waals surface area contributed by atoms with Gasteiger partial charge in [-0.3, -0.25) is 0 Å². The van der Waals surface area contributed by atoms with Crippen molar-refractivity contribution in [2.45, 2.75) is 55.9 Å². The Kier molecular flexibility index (Phi) is 4.66. The summed E-state index contributed by atoms with van der Waals surface area (Å²) in [5, 5.41) is 3.40. The summed E-state index contributed by atoms with van der Waals surface area (Å²) >= 11 is 1.37. The third-order valence-electron chi connectivity index (χ3n) is 3.62. The molecule has 108 valence electrons. The lowest BCUT2D eigenvalue weighted by molar-refractivity contribution is 0.381. The molecule has 0 bridgehead atoms. The van der Waals surface area contributed by atoms with E-state index in [1.165, 1.54) is 28.5 Å². The molecule has 0 aliphatic heterocycles. The van der Waals surface area contributed by atoms with E-state index in [9.17, 15) is 8.42 Å². The topological polar surface area (TPSA) is 49.4 Å². The van der Waals surface area contributed by atoms with E-state index < -0.39 is 10.0 Å². The predicted octanol–water partition coefficient (Wildman–Crippen LogP) is 2.42. The molecule has 1 heterocycles. The Morgan fingerprint density at radius 2 is 2.16 bits per heavy atom. The van der Waals surface area contributed by atoms with Crippen molar-refractivity contribution in [1.29, 1.82) is 0 Å². The van der Waals surface area contributed by atoms with E-state index in [1.54, 1.807) is 13.1 Å². The van der Waals surface area contributed by atoms with Crippen molar-refractivity contribution in [3.05, 3.63) is 17.0 Å². The average Bonchev–Trinajstić information content (AvgIpc) is 3.10. The van der Waals surface area contributed by atoms with Crippen molar-refractivity contribution in [1.82, 2.24) is 9.62 Å². The summed E-state index contributed by atoms with van der Waals surface area (Å²) in [6.07, 6.45) is 3.30. The van der Waals surface area contributed by atoms with Crippen LogP contribution in [0.1, 0.15) is 38.0 Å². The SMILES string of the molecule is CCC(C)N(C)S(=O)(=O)c1ccc(CNC2CC2)s1. The number of hydrogen-bond donors (Lipinski definition) is 1. The number of nitrogens with zero attached hydrogens (tertiary/aromatic N) is 1. The molecule has 0 spiro atoms. The molecule has 0 aromatic carbocycles. The summed E-state index contributed by atoms with van der Waals surface area (Å²) in [4.78, 5) is 1.09. The monoisotopic (exact) mass is 302 g/mol. The summed E-state index contributed by atoms with van der Waals surface area (Å²) in [5.41, 5.74) is 0. The lowest BCUT2D eigenvalue weighted by Crippen LogP contribution is -2.34. The standard InChI is InChI=1S/C13H22N2O2S2/c1-4-10(2)15(3)19(16,17)13-8-7-12(18-13)9-14-11-5-6-11/h7-8,10-11,14H,4-6,9H2,1-3H3. The minimum atomic E-state index is -3.33. The Bertz CT molecular complexity index is 521. The van der Waals surface area contributed by atoms with Crippen LogP contribution in [0.3, 0.4) is 0 Å². The van der Waals surface area contributed by atoms with E-state index in [0.717, 1.165) is 17.8 Å². The molecule has 1 aliphatic carbocycles. The molecule has 1 unspecified atom stereocenters. The second-order valence-electron chi connectivity index (χ2n) is 5.15. The summed E-state index contributed by atoms with van der Waals surface area (Å²) in [7, 11) is -1.67. The van der Waals surface area contributed by atoms with Crippen molar-refractivity contribution in [2.75, 3.05) is 7.05 Å². The normalized spacial score (nSPS) is 17.9. The predicted molar refractivity (Wildman–Crippen MR) is 78.9 cm³/mol. The number of nitrogens with one attached hydrogen (secondary N) is 1. The zero-order valence-corrected chi connectivity index (χ0v) is 13.4. The van der Waals surface area contributed by atoms with Crippen LogP contribution >= 0.6 is 11.3 Å². The summed E-state index contributed by atoms with van der Waals surface area (Å²) < 4.78 is 26.7.